The van der Waals surface area contributed by atoms with Crippen LogP contribution in [-0.4, -0.2) is 38.3 Å². The third-order valence-corrected chi connectivity index (χ3v) is 3.55. The lowest BCUT2D eigenvalue weighted by Crippen LogP contribution is -2.02. The zero-order valence-corrected chi connectivity index (χ0v) is 13.7. The molecule has 0 spiro atoms. The number of hydrogen-bond acceptors (Lipinski definition) is 5. The maximum atomic E-state index is 11.6. The number of carbonyl (C=O) groups excluding carboxylic acids is 1. The number of aromatic carboxylic acids is 1. The molecule has 0 amide bonds. The van der Waals surface area contributed by atoms with Gasteiger partial charge in [-0.15, -0.1) is 0 Å². The van der Waals surface area contributed by atoms with Crippen molar-refractivity contribution in [1.29, 1.82) is 0 Å². The average molecular weight is 336 g/mol. The van der Waals surface area contributed by atoms with E-state index >= 15 is 0 Å². The predicted octanol–water partition coefficient (Wildman–Crippen LogP) is 3.10. The van der Waals surface area contributed by atoms with Crippen LogP contribution in [0, 0.1) is 0 Å². The summed E-state index contributed by atoms with van der Waals surface area (Å²) in [6, 6.07) is 2.24. The number of ketones is 1. The van der Waals surface area contributed by atoms with Crippen molar-refractivity contribution < 1.29 is 30.0 Å². The first-order valence-electron chi connectivity index (χ1n) is 7.96. The Bertz CT molecular complexity index is 604. The van der Waals surface area contributed by atoms with Crippen LogP contribution in [-0.2, 0) is 4.79 Å². The minimum absolute atomic E-state index is 0.144. The average Bonchev–Trinajstić information content (AvgIpc) is 2.45. The summed E-state index contributed by atoms with van der Waals surface area (Å²) >= 11 is 0. The lowest BCUT2D eigenvalue weighted by atomic mass is 10.0. The molecule has 132 valence electrons. The number of aliphatic hydroxyl groups excluding tert-OH is 1. The van der Waals surface area contributed by atoms with Gasteiger partial charge >= 0.3 is 5.97 Å². The van der Waals surface area contributed by atoms with Gasteiger partial charge in [0.25, 0.3) is 0 Å². The van der Waals surface area contributed by atoms with Gasteiger partial charge in [0.1, 0.15) is 22.8 Å². The molecule has 1 atom stereocenters. The van der Waals surface area contributed by atoms with Gasteiger partial charge in [-0.1, -0.05) is 12.2 Å². The smallest absolute Gasteiger partial charge is 0.340 e. The van der Waals surface area contributed by atoms with Crippen LogP contribution in [0.4, 0.5) is 0 Å². The highest BCUT2D eigenvalue weighted by molar-refractivity contribution is 5.95. The Morgan fingerprint density at radius 3 is 2.46 bits per heavy atom. The van der Waals surface area contributed by atoms with E-state index in [0.717, 1.165) is 6.07 Å². The highest BCUT2D eigenvalue weighted by atomic mass is 16.4. The van der Waals surface area contributed by atoms with Crippen molar-refractivity contribution in [3.05, 3.63) is 29.3 Å². The van der Waals surface area contributed by atoms with Gasteiger partial charge in [0.2, 0.25) is 0 Å². The van der Waals surface area contributed by atoms with E-state index in [1.807, 2.05) is 0 Å². The molecule has 6 nitrogen and oxygen atoms in total. The molecular formula is C18H24O6. The summed E-state index contributed by atoms with van der Waals surface area (Å²) in [4.78, 5) is 22.8. The van der Waals surface area contributed by atoms with Gasteiger partial charge in [0.05, 0.1) is 6.10 Å². The summed E-state index contributed by atoms with van der Waals surface area (Å²) in [6.07, 6.45) is 6.24. The molecule has 0 unspecified atom stereocenters. The molecule has 6 heteroatoms. The molecule has 0 aliphatic carbocycles. The number of phenolic OH excluding ortho intramolecular Hbond substituents is 1. The molecular weight excluding hydrogens is 312 g/mol. The lowest BCUT2D eigenvalue weighted by molar-refractivity contribution is -0.119. The number of rotatable bonds is 10. The van der Waals surface area contributed by atoms with Crippen LogP contribution < -0.4 is 0 Å². The SMILES string of the molecule is C[C@H](O)CCCC(=O)CCC/C=C/c1cc(O)cc(O)c1C(=O)O. The molecule has 0 aliphatic rings. The molecule has 1 aromatic carbocycles. The Kier molecular flexibility index (Phi) is 7.98. The monoisotopic (exact) mass is 336 g/mol. The van der Waals surface area contributed by atoms with E-state index in [1.54, 1.807) is 13.0 Å². The van der Waals surface area contributed by atoms with Crippen molar-refractivity contribution in [1.82, 2.24) is 0 Å². The molecule has 0 heterocycles. The molecule has 4 N–H and O–H groups in total. The number of aromatic hydroxyl groups is 2. The van der Waals surface area contributed by atoms with Crippen LogP contribution in [0.1, 0.15) is 61.4 Å². The Labute approximate surface area is 141 Å². The number of allylic oxidation sites excluding steroid dienone is 1. The quantitative estimate of drug-likeness (QED) is 0.488. The fourth-order valence-electron chi connectivity index (χ4n) is 2.34. The van der Waals surface area contributed by atoms with E-state index < -0.39 is 11.7 Å². The second-order valence-corrected chi connectivity index (χ2v) is 5.81. The topological polar surface area (TPSA) is 115 Å². The number of unbranched alkanes of at least 4 members (excludes halogenated alkanes) is 1. The molecule has 0 fully saturated rings. The number of carboxylic acids is 1. The highest BCUT2D eigenvalue weighted by Gasteiger charge is 2.15. The molecule has 1 aromatic rings. The van der Waals surface area contributed by atoms with Crippen molar-refractivity contribution in [2.75, 3.05) is 0 Å². The maximum Gasteiger partial charge on any atom is 0.340 e. The number of carboxylic acid groups (broad SMARTS) is 1. The van der Waals surface area contributed by atoms with Gasteiger partial charge in [0.15, 0.2) is 0 Å². The van der Waals surface area contributed by atoms with E-state index in [2.05, 4.69) is 0 Å². The minimum Gasteiger partial charge on any atom is -0.508 e. The van der Waals surface area contributed by atoms with Crippen molar-refractivity contribution in [2.24, 2.45) is 0 Å². The van der Waals surface area contributed by atoms with Crippen LogP contribution in [0.2, 0.25) is 0 Å². The molecule has 0 radical (unpaired) electrons. The molecule has 0 bridgehead atoms. The van der Waals surface area contributed by atoms with Crippen molar-refractivity contribution in [3.8, 4) is 11.5 Å². The van der Waals surface area contributed by atoms with Crippen LogP contribution >= 0.6 is 0 Å². The van der Waals surface area contributed by atoms with Crippen LogP contribution in [0.3, 0.4) is 0 Å². The van der Waals surface area contributed by atoms with Crippen LogP contribution in [0.15, 0.2) is 18.2 Å². The zero-order chi connectivity index (χ0) is 18.1. The number of benzene rings is 1. The van der Waals surface area contributed by atoms with Crippen LogP contribution in [0.25, 0.3) is 6.08 Å². The van der Waals surface area contributed by atoms with E-state index in [9.17, 15) is 19.8 Å². The number of aliphatic hydroxyl groups is 1. The molecule has 0 aromatic heterocycles. The number of carbonyl (C=O) groups is 2. The van der Waals surface area contributed by atoms with Gasteiger partial charge in [-0.3, -0.25) is 4.79 Å². The minimum atomic E-state index is -1.28. The second-order valence-electron chi connectivity index (χ2n) is 5.81. The van der Waals surface area contributed by atoms with Gasteiger partial charge in [-0.25, -0.2) is 4.79 Å². The third-order valence-electron chi connectivity index (χ3n) is 3.55. The standard InChI is InChI=1S/C18H24O6/c1-12(19)6-5-9-14(20)8-4-2-3-7-13-10-15(21)11-16(22)17(13)18(23)24/h3,7,10-12,19,21-22H,2,4-6,8-9H2,1H3,(H,23,24)/b7-3+/t12-/m0/s1. The molecule has 0 aliphatic heterocycles. The van der Waals surface area contributed by atoms with Crippen LogP contribution in [0.5, 0.6) is 11.5 Å². The maximum absolute atomic E-state index is 11.6. The Balaban J connectivity index is 2.48. The summed E-state index contributed by atoms with van der Waals surface area (Å²) < 4.78 is 0. The van der Waals surface area contributed by atoms with E-state index in [1.165, 1.54) is 12.1 Å². The van der Waals surface area contributed by atoms with Gasteiger partial charge < -0.3 is 20.4 Å². The lowest BCUT2D eigenvalue weighted by Gasteiger charge is -2.05. The number of phenols is 2. The van der Waals surface area contributed by atoms with Crippen molar-refractivity contribution in [2.45, 2.75) is 51.6 Å². The Morgan fingerprint density at radius 1 is 1.17 bits per heavy atom. The highest BCUT2D eigenvalue weighted by Crippen LogP contribution is 2.28. The van der Waals surface area contributed by atoms with Crippen molar-refractivity contribution >= 4 is 17.8 Å². The summed E-state index contributed by atoms with van der Waals surface area (Å²) in [7, 11) is 0. The number of hydrogen-bond donors (Lipinski definition) is 4. The first kappa shape index (κ1) is 19.7. The van der Waals surface area contributed by atoms with E-state index in [0.29, 0.717) is 38.5 Å². The first-order valence-corrected chi connectivity index (χ1v) is 7.96. The Hall–Kier alpha value is -2.34. The molecule has 24 heavy (non-hydrogen) atoms. The third kappa shape index (κ3) is 6.83. The molecule has 1 rings (SSSR count). The summed E-state index contributed by atoms with van der Waals surface area (Å²) in [5.74, 6) is -1.84. The predicted molar refractivity (Wildman–Crippen MR) is 90.2 cm³/mol. The first-order chi connectivity index (χ1) is 11.3. The van der Waals surface area contributed by atoms with E-state index in [4.69, 9.17) is 10.2 Å². The fraction of sp³-hybridized carbons (Fsp3) is 0.444. The summed E-state index contributed by atoms with van der Waals surface area (Å²) in [5.41, 5.74) is -0.0542. The molecule has 0 saturated carbocycles. The van der Waals surface area contributed by atoms with Gasteiger partial charge in [-0.2, -0.15) is 0 Å². The summed E-state index contributed by atoms with van der Waals surface area (Å²) in [5, 5.41) is 37.3. The summed E-state index contributed by atoms with van der Waals surface area (Å²) in [6.45, 7) is 1.69. The normalized spacial score (nSPS) is 12.4. The molecule has 0 saturated heterocycles. The van der Waals surface area contributed by atoms with E-state index in [-0.39, 0.29) is 28.8 Å². The van der Waals surface area contributed by atoms with Gasteiger partial charge in [-0.05, 0) is 44.2 Å². The van der Waals surface area contributed by atoms with Crippen molar-refractivity contribution in [3.63, 3.8) is 0 Å². The van der Waals surface area contributed by atoms with Gasteiger partial charge in [0, 0.05) is 18.9 Å². The Morgan fingerprint density at radius 2 is 1.83 bits per heavy atom. The fourth-order valence-corrected chi connectivity index (χ4v) is 2.34. The largest absolute Gasteiger partial charge is 0.508 e. The number of Topliss-reactive ketones (excluding diaryl/α,β-unsaturated/α-hetero) is 1. The zero-order valence-electron chi connectivity index (χ0n) is 13.7. The second kappa shape index (κ2) is 9.72.